The predicted octanol–water partition coefficient (Wildman–Crippen LogP) is 2.23. The summed E-state index contributed by atoms with van der Waals surface area (Å²) in [6.07, 6.45) is 0.288. The van der Waals surface area contributed by atoms with Crippen molar-refractivity contribution < 1.29 is 9.53 Å². The van der Waals surface area contributed by atoms with E-state index in [-0.39, 0.29) is 6.09 Å². The fourth-order valence-electron chi connectivity index (χ4n) is 1.81. The molecular formula is C13H18N4O2S. The molecule has 0 bridgehead atoms. The first-order valence-electron chi connectivity index (χ1n) is 6.49. The molecule has 20 heavy (non-hydrogen) atoms. The van der Waals surface area contributed by atoms with Gasteiger partial charge in [0.25, 0.3) is 0 Å². The number of nitrogens with one attached hydrogen (secondary N) is 1. The molecule has 2 heterocycles. The number of aryl methyl sites for hydroxylation is 2. The molecule has 7 heteroatoms. The van der Waals surface area contributed by atoms with E-state index in [2.05, 4.69) is 15.4 Å². The fraction of sp³-hybridized carbons (Fsp3) is 0.462. The lowest BCUT2D eigenvalue weighted by Gasteiger charge is -2.03. The molecular weight excluding hydrogens is 276 g/mol. The molecule has 0 fully saturated rings. The smallest absolute Gasteiger partial charge is 0.407 e. The van der Waals surface area contributed by atoms with E-state index in [0.717, 1.165) is 22.2 Å². The Bertz CT molecular complexity index is 591. The monoisotopic (exact) mass is 294 g/mol. The quantitative estimate of drug-likeness (QED) is 0.918. The summed E-state index contributed by atoms with van der Waals surface area (Å²) < 4.78 is 6.63. The zero-order chi connectivity index (χ0) is 14.5. The molecule has 0 atom stereocenters. The molecule has 2 rings (SSSR count). The van der Waals surface area contributed by atoms with Crippen LogP contribution >= 0.6 is 11.3 Å². The first-order chi connectivity index (χ1) is 9.60. The van der Waals surface area contributed by atoms with E-state index >= 15 is 0 Å². The second-order valence-corrected chi connectivity index (χ2v) is 5.19. The van der Waals surface area contributed by atoms with Crippen molar-refractivity contribution in [1.29, 1.82) is 0 Å². The number of hydrogen-bond acceptors (Lipinski definition) is 5. The standard InChI is InChI=1S/C13H18N4O2S/c1-4-19-13(18)14-6-5-11-8-20-12(15-11)17-10(3)7-9(2)16-17/h7-8H,4-6H2,1-3H3,(H,14,18). The average Bonchev–Trinajstić information content (AvgIpc) is 2.96. The Morgan fingerprint density at radius 2 is 2.30 bits per heavy atom. The maximum Gasteiger partial charge on any atom is 0.407 e. The Balaban J connectivity index is 1.93. The van der Waals surface area contributed by atoms with Gasteiger partial charge < -0.3 is 10.1 Å². The number of amides is 1. The number of hydrogen-bond donors (Lipinski definition) is 1. The van der Waals surface area contributed by atoms with E-state index in [1.54, 1.807) is 18.3 Å². The van der Waals surface area contributed by atoms with E-state index in [0.29, 0.717) is 19.6 Å². The van der Waals surface area contributed by atoms with Crippen LogP contribution in [0.2, 0.25) is 0 Å². The lowest BCUT2D eigenvalue weighted by Crippen LogP contribution is -2.26. The van der Waals surface area contributed by atoms with Crippen LogP contribution in [0.25, 0.3) is 5.13 Å². The van der Waals surface area contributed by atoms with Crippen LogP contribution in [0.3, 0.4) is 0 Å². The SMILES string of the molecule is CCOC(=O)NCCc1csc(-n2nc(C)cc2C)n1. The van der Waals surface area contributed by atoms with Crippen LogP contribution in [0.15, 0.2) is 11.4 Å². The molecule has 0 aliphatic carbocycles. The van der Waals surface area contributed by atoms with Crippen LogP contribution < -0.4 is 5.32 Å². The molecule has 0 saturated heterocycles. The van der Waals surface area contributed by atoms with Crippen molar-refractivity contribution in [3.8, 4) is 5.13 Å². The van der Waals surface area contributed by atoms with Crippen molar-refractivity contribution in [1.82, 2.24) is 20.1 Å². The van der Waals surface area contributed by atoms with Crippen molar-refractivity contribution in [2.24, 2.45) is 0 Å². The van der Waals surface area contributed by atoms with Crippen LogP contribution in [-0.2, 0) is 11.2 Å². The Morgan fingerprint density at radius 1 is 1.50 bits per heavy atom. The van der Waals surface area contributed by atoms with Crippen molar-refractivity contribution in [2.45, 2.75) is 27.2 Å². The molecule has 2 aromatic heterocycles. The number of ether oxygens (including phenoxy) is 1. The largest absolute Gasteiger partial charge is 0.450 e. The average molecular weight is 294 g/mol. The maximum absolute atomic E-state index is 11.1. The number of nitrogens with zero attached hydrogens (tertiary/aromatic N) is 3. The zero-order valence-corrected chi connectivity index (χ0v) is 12.7. The van der Waals surface area contributed by atoms with Gasteiger partial charge in [-0.05, 0) is 26.8 Å². The molecule has 0 unspecified atom stereocenters. The molecule has 108 valence electrons. The topological polar surface area (TPSA) is 69.0 Å². The normalized spacial score (nSPS) is 10.6. The van der Waals surface area contributed by atoms with Crippen molar-refractivity contribution in [2.75, 3.05) is 13.2 Å². The van der Waals surface area contributed by atoms with Gasteiger partial charge in [0.2, 0.25) is 5.13 Å². The van der Waals surface area contributed by atoms with Gasteiger partial charge in [0.15, 0.2) is 0 Å². The van der Waals surface area contributed by atoms with Crippen molar-refractivity contribution in [3.63, 3.8) is 0 Å². The number of aromatic nitrogens is 3. The van der Waals surface area contributed by atoms with Crippen molar-refractivity contribution in [3.05, 3.63) is 28.5 Å². The maximum atomic E-state index is 11.1. The number of carbonyl (C=O) groups is 1. The second kappa shape index (κ2) is 6.51. The zero-order valence-electron chi connectivity index (χ0n) is 11.8. The lowest BCUT2D eigenvalue weighted by molar-refractivity contribution is 0.152. The minimum absolute atomic E-state index is 0.380. The third-order valence-electron chi connectivity index (χ3n) is 2.66. The van der Waals surface area contributed by atoms with Gasteiger partial charge in [0.1, 0.15) is 0 Å². The Labute approximate surface area is 121 Å². The summed E-state index contributed by atoms with van der Waals surface area (Å²) in [5.74, 6) is 0. The Hall–Kier alpha value is -1.89. The van der Waals surface area contributed by atoms with Gasteiger partial charge in [-0.2, -0.15) is 5.10 Å². The third-order valence-corrected chi connectivity index (χ3v) is 3.52. The summed E-state index contributed by atoms with van der Waals surface area (Å²) in [4.78, 5) is 15.7. The Kier molecular flexibility index (Phi) is 4.73. The molecule has 1 amide bonds. The van der Waals surface area contributed by atoms with E-state index < -0.39 is 0 Å². The molecule has 2 aromatic rings. The summed E-state index contributed by atoms with van der Waals surface area (Å²) in [7, 11) is 0. The lowest BCUT2D eigenvalue weighted by atomic mass is 10.3. The van der Waals surface area contributed by atoms with Gasteiger partial charge in [-0.1, -0.05) is 0 Å². The highest BCUT2D eigenvalue weighted by Crippen LogP contribution is 2.17. The predicted molar refractivity (Wildman–Crippen MR) is 77.4 cm³/mol. The first kappa shape index (κ1) is 14.5. The van der Waals surface area contributed by atoms with Crippen LogP contribution in [0.1, 0.15) is 24.0 Å². The summed E-state index contributed by atoms with van der Waals surface area (Å²) in [5.41, 5.74) is 2.98. The van der Waals surface area contributed by atoms with Gasteiger partial charge in [-0.15, -0.1) is 11.3 Å². The van der Waals surface area contributed by atoms with Gasteiger partial charge in [-0.3, -0.25) is 0 Å². The highest BCUT2D eigenvalue weighted by Gasteiger charge is 2.09. The molecule has 0 radical (unpaired) electrons. The molecule has 0 aliphatic heterocycles. The first-order valence-corrected chi connectivity index (χ1v) is 7.36. The Morgan fingerprint density at radius 3 is 2.95 bits per heavy atom. The van der Waals surface area contributed by atoms with Gasteiger partial charge >= 0.3 is 6.09 Å². The van der Waals surface area contributed by atoms with E-state index in [1.807, 2.05) is 30.0 Å². The molecule has 0 aromatic carbocycles. The molecule has 6 nitrogen and oxygen atoms in total. The molecule has 0 spiro atoms. The summed E-state index contributed by atoms with van der Waals surface area (Å²) >= 11 is 1.54. The van der Waals surface area contributed by atoms with Crippen LogP contribution in [-0.4, -0.2) is 34.0 Å². The van der Waals surface area contributed by atoms with Gasteiger partial charge in [-0.25, -0.2) is 14.5 Å². The highest BCUT2D eigenvalue weighted by atomic mass is 32.1. The molecule has 0 saturated carbocycles. The van der Waals surface area contributed by atoms with E-state index in [9.17, 15) is 4.79 Å². The van der Waals surface area contributed by atoms with Crippen LogP contribution in [0, 0.1) is 13.8 Å². The van der Waals surface area contributed by atoms with Crippen LogP contribution in [0.5, 0.6) is 0 Å². The molecule has 1 N–H and O–H groups in total. The van der Waals surface area contributed by atoms with Gasteiger partial charge in [0, 0.05) is 24.0 Å². The number of carbonyl (C=O) groups excluding carboxylic acids is 1. The summed E-state index contributed by atoms with van der Waals surface area (Å²) in [5, 5.41) is 9.91. The van der Waals surface area contributed by atoms with Crippen molar-refractivity contribution >= 4 is 17.4 Å². The fourth-order valence-corrected chi connectivity index (χ4v) is 2.67. The minimum Gasteiger partial charge on any atom is -0.450 e. The summed E-state index contributed by atoms with van der Waals surface area (Å²) in [6.45, 7) is 6.63. The number of thiazole rings is 1. The highest BCUT2D eigenvalue weighted by molar-refractivity contribution is 7.12. The molecule has 0 aliphatic rings. The minimum atomic E-state index is -0.388. The van der Waals surface area contributed by atoms with Crippen LogP contribution in [0.4, 0.5) is 4.79 Å². The number of rotatable bonds is 5. The van der Waals surface area contributed by atoms with Gasteiger partial charge in [0.05, 0.1) is 18.0 Å². The third kappa shape index (κ3) is 3.57. The van der Waals surface area contributed by atoms with E-state index in [1.165, 1.54) is 0 Å². The number of alkyl carbamates (subject to hydrolysis) is 1. The summed E-state index contributed by atoms with van der Waals surface area (Å²) in [6, 6.07) is 2.02. The second-order valence-electron chi connectivity index (χ2n) is 4.36. The van der Waals surface area contributed by atoms with E-state index in [4.69, 9.17) is 4.74 Å².